The van der Waals surface area contributed by atoms with E-state index in [1.54, 1.807) is 11.8 Å². The van der Waals surface area contributed by atoms with Gasteiger partial charge in [-0.1, -0.05) is 32.9 Å². The van der Waals surface area contributed by atoms with Crippen LogP contribution in [0.3, 0.4) is 0 Å². The summed E-state index contributed by atoms with van der Waals surface area (Å²) >= 11 is 1.74. The number of rotatable bonds is 6. The van der Waals surface area contributed by atoms with Gasteiger partial charge in [-0.05, 0) is 30.7 Å². The zero-order chi connectivity index (χ0) is 15.2. The molecule has 0 amide bonds. The number of nitrogens with one attached hydrogen (secondary N) is 1. The first-order chi connectivity index (χ1) is 10.1. The fourth-order valence-corrected chi connectivity index (χ4v) is 2.38. The van der Waals surface area contributed by atoms with E-state index >= 15 is 0 Å². The molecular weight excluding hydrogens is 278 g/mol. The topological polar surface area (TPSA) is 37.8 Å². The van der Waals surface area contributed by atoms with E-state index in [1.807, 2.05) is 0 Å². The molecule has 1 aromatic carbocycles. The molecule has 1 N–H and O–H groups in total. The van der Waals surface area contributed by atoms with Crippen LogP contribution in [0.2, 0.25) is 0 Å². The molecule has 0 spiro atoms. The van der Waals surface area contributed by atoms with Crippen LogP contribution in [0.1, 0.15) is 38.8 Å². The van der Waals surface area contributed by atoms with Crippen LogP contribution in [0.25, 0.3) is 11.4 Å². The van der Waals surface area contributed by atoms with E-state index in [1.165, 1.54) is 4.90 Å². The van der Waals surface area contributed by atoms with Crippen molar-refractivity contribution in [3.05, 3.63) is 36.0 Å². The van der Waals surface area contributed by atoms with Crippen molar-refractivity contribution in [2.24, 2.45) is 0 Å². The minimum Gasteiger partial charge on any atom is -0.370 e. The van der Waals surface area contributed by atoms with Gasteiger partial charge in [-0.25, -0.2) is 9.97 Å². The first-order valence-electron chi connectivity index (χ1n) is 7.41. The maximum absolute atomic E-state index is 4.71. The Morgan fingerprint density at radius 1 is 1.14 bits per heavy atom. The van der Waals surface area contributed by atoms with Crippen LogP contribution in [0, 0.1) is 0 Å². The molecule has 2 rings (SSSR count). The van der Waals surface area contributed by atoms with E-state index < -0.39 is 0 Å². The van der Waals surface area contributed by atoms with E-state index in [2.05, 4.69) is 67.7 Å². The van der Waals surface area contributed by atoms with Gasteiger partial charge in [0.25, 0.3) is 0 Å². The van der Waals surface area contributed by atoms with E-state index in [4.69, 9.17) is 4.98 Å². The highest BCUT2D eigenvalue weighted by atomic mass is 32.2. The Balaban J connectivity index is 2.37. The van der Waals surface area contributed by atoms with Gasteiger partial charge in [-0.2, -0.15) is 0 Å². The fourth-order valence-electron chi connectivity index (χ4n) is 1.97. The molecular formula is C17H23N3S. The van der Waals surface area contributed by atoms with Gasteiger partial charge in [0.05, 0.1) is 0 Å². The average Bonchev–Trinajstić information content (AvgIpc) is 2.52. The third-order valence-electron chi connectivity index (χ3n) is 3.24. The van der Waals surface area contributed by atoms with Crippen molar-refractivity contribution in [3.63, 3.8) is 0 Å². The predicted molar refractivity (Wildman–Crippen MR) is 92.1 cm³/mol. The van der Waals surface area contributed by atoms with Crippen molar-refractivity contribution < 1.29 is 0 Å². The summed E-state index contributed by atoms with van der Waals surface area (Å²) in [7, 11) is 0. The van der Waals surface area contributed by atoms with Crippen molar-refractivity contribution in [2.45, 2.75) is 38.0 Å². The maximum atomic E-state index is 4.71. The molecule has 112 valence electrons. The van der Waals surface area contributed by atoms with Crippen LogP contribution in [0.15, 0.2) is 35.2 Å². The lowest BCUT2D eigenvalue weighted by Gasteiger charge is -2.11. The van der Waals surface area contributed by atoms with Crippen LogP contribution in [-0.2, 0) is 0 Å². The van der Waals surface area contributed by atoms with Gasteiger partial charge in [-0.15, -0.1) is 11.8 Å². The van der Waals surface area contributed by atoms with Crippen molar-refractivity contribution in [2.75, 3.05) is 18.1 Å². The molecule has 0 fully saturated rings. The van der Waals surface area contributed by atoms with Gasteiger partial charge in [0.1, 0.15) is 5.82 Å². The van der Waals surface area contributed by atoms with Crippen LogP contribution in [-0.4, -0.2) is 22.8 Å². The van der Waals surface area contributed by atoms with Crippen LogP contribution >= 0.6 is 11.8 Å². The number of hydrogen-bond donors (Lipinski definition) is 1. The molecule has 2 aromatic rings. The minimum absolute atomic E-state index is 0.388. The highest BCUT2D eigenvalue weighted by Gasteiger charge is 2.09. The first-order valence-corrected chi connectivity index (χ1v) is 8.63. The molecule has 0 saturated heterocycles. The molecule has 4 heteroatoms. The molecule has 0 atom stereocenters. The predicted octanol–water partition coefficient (Wildman–Crippen LogP) is 4.81. The minimum atomic E-state index is 0.388. The summed E-state index contributed by atoms with van der Waals surface area (Å²) in [5, 5.41) is 3.37. The lowest BCUT2D eigenvalue weighted by Crippen LogP contribution is -2.06. The maximum Gasteiger partial charge on any atom is 0.161 e. The van der Waals surface area contributed by atoms with Gasteiger partial charge in [0.2, 0.25) is 0 Å². The Kier molecular flexibility index (Phi) is 5.62. The number of benzene rings is 1. The summed E-state index contributed by atoms with van der Waals surface area (Å²) in [6.45, 7) is 7.40. The van der Waals surface area contributed by atoms with Gasteiger partial charge < -0.3 is 5.32 Å². The third-order valence-corrected chi connectivity index (χ3v) is 3.99. The van der Waals surface area contributed by atoms with Crippen molar-refractivity contribution in [1.82, 2.24) is 9.97 Å². The highest BCUT2D eigenvalue weighted by molar-refractivity contribution is 7.98. The Morgan fingerprint density at radius 3 is 2.43 bits per heavy atom. The number of hydrogen-bond acceptors (Lipinski definition) is 4. The number of thioether (sulfide) groups is 1. The quantitative estimate of drug-likeness (QED) is 0.777. The molecule has 1 heterocycles. The van der Waals surface area contributed by atoms with Crippen molar-refractivity contribution in [3.8, 4) is 11.4 Å². The van der Waals surface area contributed by atoms with Crippen molar-refractivity contribution in [1.29, 1.82) is 0 Å². The Morgan fingerprint density at radius 2 is 1.86 bits per heavy atom. The second kappa shape index (κ2) is 7.46. The van der Waals surface area contributed by atoms with E-state index in [-0.39, 0.29) is 0 Å². The molecule has 0 aliphatic heterocycles. The Bertz CT molecular complexity index is 579. The second-order valence-corrected chi connectivity index (χ2v) is 6.19. The molecule has 0 saturated carbocycles. The molecule has 0 unspecified atom stereocenters. The summed E-state index contributed by atoms with van der Waals surface area (Å²) in [6.07, 6.45) is 3.16. The summed E-state index contributed by atoms with van der Waals surface area (Å²) in [5.41, 5.74) is 2.14. The standard InChI is InChI=1S/C17H23N3S/c1-5-10-18-16-11-15(12(2)3)19-17(20-16)13-6-8-14(21-4)9-7-13/h6-9,11-12H,5,10H2,1-4H3,(H,18,19,20). The highest BCUT2D eigenvalue weighted by Crippen LogP contribution is 2.24. The Hall–Kier alpha value is -1.55. The van der Waals surface area contributed by atoms with Crippen LogP contribution in [0.4, 0.5) is 5.82 Å². The molecule has 0 aliphatic carbocycles. The molecule has 3 nitrogen and oxygen atoms in total. The lowest BCUT2D eigenvalue weighted by atomic mass is 10.1. The summed E-state index contributed by atoms with van der Waals surface area (Å²) < 4.78 is 0. The van der Waals surface area contributed by atoms with Gasteiger partial charge in [0.15, 0.2) is 5.82 Å². The van der Waals surface area contributed by atoms with Gasteiger partial charge in [-0.3, -0.25) is 0 Å². The lowest BCUT2D eigenvalue weighted by molar-refractivity contribution is 0.816. The van der Waals surface area contributed by atoms with Crippen molar-refractivity contribution >= 4 is 17.6 Å². The normalized spacial score (nSPS) is 10.9. The SMILES string of the molecule is CCCNc1cc(C(C)C)nc(-c2ccc(SC)cc2)n1. The zero-order valence-corrected chi connectivity index (χ0v) is 14.0. The van der Waals surface area contributed by atoms with Crippen LogP contribution < -0.4 is 5.32 Å². The van der Waals surface area contributed by atoms with Crippen LogP contribution in [0.5, 0.6) is 0 Å². The Labute approximate surface area is 131 Å². The average molecular weight is 301 g/mol. The van der Waals surface area contributed by atoms with E-state index in [9.17, 15) is 0 Å². The van der Waals surface area contributed by atoms with E-state index in [0.717, 1.165) is 35.9 Å². The monoisotopic (exact) mass is 301 g/mol. The number of nitrogens with zero attached hydrogens (tertiary/aromatic N) is 2. The zero-order valence-electron chi connectivity index (χ0n) is 13.2. The first kappa shape index (κ1) is 15.8. The summed E-state index contributed by atoms with van der Waals surface area (Å²) in [4.78, 5) is 10.6. The smallest absolute Gasteiger partial charge is 0.161 e. The fraction of sp³-hybridized carbons (Fsp3) is 0.412. The largest absolute Gasteiger partial charge is 0.370 e. The molecule has 21 heavy (non-hydrogen) atoms. The summed E-state index contributed by atoms with van der Waals surface area (Å²) in [6, 6.07) is 10.5. The second-order valence-electron chi connectivity index (χ2n) is 5.31. The third kappa shape index (κ3) is 4.21. The number of anilines is 1. The summed E-state index contributed by atoms with van der Waals surface area (Å²) in [5.74, 6) is 2.10. The van der Waals surface area contributed by atoms with Gasteiger partial charge >= 0.3 is 0 Å². The number of aromatic nitrogens is 2. The molecule has 0 bridgehead atoms. The molecule has 0 radical (unpaired) electrons. The molecule has 1 aromatic heterocycles. The van der Waals surface area contributed by atoms with Gasteiger partial charge in [0, 0.05) is 28.8 Å². The molecule has 0 aliphatic rings. The van der Waals surface area contributed by atoms with E-state index in [0.29, 0.717) is 5.92 Å².